The van der Waals surface area contributed by atoms with E-state index in [9.17, 15) is 4.79 Å². The lowest BCUT2D eigenvalue weighted by molar-refractivity contribution is -0.131. The fourth-order valence-electron chi connectivity index (χ4n) is 4.19. The Balaban J connectivity index is 1.36. The van der Waals surface area contributed by atoms with Gasteiger partial charge in [0.05, 0.1) is 31.5 Å². The molecule has 0 saturated carbocycles. The van der Waals surface area contributed by atoms with Gasteiger partial charge in [-0.1, -0.05) is 0 Å². The average Bonchev–Trinajstić information content (AvgIpc) is 3.06. The summed E-state index contributed by atoms with van der Waals surface area (Å²) in [6.45, 7) is 5.96. The van der Waals surface area contributed by atoms with Crippen LogP contribution < -0.4 is 0 Å². The standard InChI is InChI=1S/C18H26N4O3/c23-17(16-19-6-2-7-20-16)22-8-5-18(14-22)4-1-3-15(25-18)13-21-9-11-24-12-10-21/h2,6-7,15H,1,3-5,8-14H2/t15-,18-/m1/s1. The number of amides is 1. The fraction of sp³-hybridized carbons (Fsp3) is 0.722. The molecule has 2 atom stereocenters. The second-order valence-electron chi connectivity index (χ2n) is 7.28. The molecule has 0 aromatic carbocycles. The lowest BCUT2D eigenvalue weighted by Crippen LogP contribution is -2.49. The summed E-state index contributed by atoms with van der Waals surface area (Å²) in [5.74, 6) is 0.191. The van der Waals surface area contributed by atoms with Gasteiger partial charge in [-0.2, -0.15) is 0 Å². The molecule has 1 aromatic heterocycles. The van der Waals surface area contributed by atoms with Crippen molar-refractivity contribution in [1.82, 2.24) is 19.8 Å². The number of likely N-dealkylation sites (tertiary alicyclic amines) is 1. The molecule has 4 rings (SSSR count). The molecule has 4 heterocycles. The van der Waals surface area contributed by atoms with E-state index in [4.69, 9.17) is 9.47 Å². The first-order chi connectivity index (χ1) is 12.2. The van der Waals surface area contributed by atoms with Crippen molar-refractivity contribution in [3.8, 4) is 0 Å². The molecule has 1 spiro atoms. The largest absolute Gasteiger partial charge is 0.379 e. The topological polar surface area (TPSA) is 67.8 Å². The predicted octanol–water partition coefficient (Wildman–Crippen LogP) is 0.963. The van der Waals surface area contributed by atoms with Gasteiger partial charge in [0.15, 0.2) is 0 Å². The molecule has 0 radical (unpaired) electrons. The first-order valence-electron chi connectivity index (χ1n) is 9.28. The van der Waals surface area contributed by atoms with E-state index in [-0.39, 0.29) is 23.4 Å². The van der Waals surface area contributed by atoms with Gasteiger partial charge in [0.25, 0.3) is 5.91 Å². The number of hydrogen-bond donors (Lipinski definition) is 0. The zero-order valence-corrected chi connectivity index (χ0v) is 14.6. The molecule has 136 valence electrons. The quantitative estimate of drug-likeness (QED) is 0.812. The molecule has 0 unspecified atom stereocenters. The van der Waals surface area contributed by atoms with Crippen LogP contribution in [0.3, 0.4) is 0 Å². The minimum Gasteiger partial charge on any atom is -0.379 e. The number of aromatic nitrogens is 2. The van der Waals surface area contributed by atoms with Crippen LogP contribution in [0.2, 0.25) is 0 Å². The molecule has 0 N–H and O–H groups in total. The number of hydrogen-bond acceptors (Lipinski definition) is 6. The van der Waals surface area contributed by atoms with E-state index < -0.39 is 0 Å². The average molecular weight is 346 g/mol. The van der Waals surface area contributed by atoms with Crippen LogP contribution in [0.15, 0.2) is 18.5 Å². The van der Waals surface area contributed by atoms with Crippen LogP contribution in [0, 0.1) is 0 Å². The molecule has 3 aliphatic heterocycles. The Kier molecular flexibility index (Phi) is 4.96. The highest BCUT2D eigenvalue weighted by Gasteiger charge is 2.45. The molecular formula is C18H26N4O3. The summed E-state index contributed by atoms with van der Waals surface area (Å²) >= 11 is 0. The van der Waals surface area contributed by atoms with E-state index in [0.717, 1.165) is 58.7 Å². The number of nitrogens with zero attached hydrogens (tertiary/aromatic N) is 4. The van der Waals surface area contributed by atoms with Crippen molar-refractivity contribution >= 4 is 5.91 Å². The monoisotopic (exact) mass is 346 g/mol. The van der Waals surface area contributed by atoms with Crippen molar-refractivity contribution in [3.05, 3.63) is 24.3 Å². The number of carbonyl (C=O) groups is 1. The third-order valence-corrected chi connectivity index (χ3v) is 5.50. The van der Waals surface area contributed by atoms with E-state index in [2.05, 4.69) is 14.9 Å². The Morgan fingerprint density at radius 2 is 2.00 bits per heavy atom. The summed E-state index contributed by atoms with van der Waals surface area (Å²) in [6.07, 6.45) is 7.70. The Bertz CT molecular complexity index is 593. The predicted molar refractivity (Wildman–Crippen MR) is 91.3 cm³/mol. The summed E-state index contributed by atoms with van der Waals surface area (Å²) < 4.78 is 12.0. The van der Waals surface area contributed by atoms with Crippen molar-refractivity contribution in [2.24, 2.45) is 0 Å². The highest BCUT2D eigenvalue weighted by atomic mass is 16.5. The van der Waals surface area contributed by atoms with Gasteiger partial charge in [-0.25, -0.2) is 9.97 Å². The fourth-order valence-corrected chi connectivity index (χ4v) is 4.19. The number of carbonyl (C=O) groups excluding carboxylic acids is 1. The Morgan fingerprint density at radius 1 is 1.20 bits per heavy atom. The van der Waals surface area contributed by atoms with E-state index in [1.807, 2.05) is 4.90 Å². The zero-order chi connectivity index (χ0) is 17.1. The van der Waals surface area contributed by atoms with Crippen LogP contribution in [0.4, 0.5) is 0 Å². The molecule has 3 saturated heterocycles. The Hall–Kier alpha value is -1.57. The normalized spacial score (nSPS) is 30.7. The Morgan fingerprint density at radius 3 is 2.80 bits per heavy atom. The maximum Gasteiger partial charge on any atom is 0.291 e. The lowest BCUT2D eigenvalue weighted by atomic mass is 9.90. The van der Waals surface area contributed by atoms with Crippen LogP contribution in [-0.4, -0.2) is 83.3 Å². The molecule has 1 amide bonds. The molecule has 3 aliphatic rings. The number of rotatable bonds is 3. The van der Waals surface area contributed by atoms with E-state index in [0.29, 0.717) is 6.54 Å². The highest BCUT2D eigenvalue weighted by molar-refractivity contribution is 5.90. The molecule has 25 heavy (non-hydrogen) atoms. The van der Waals surface area contributed by atoms with Gasteiger partial charge >= 0.3 is 0 Å². The minimum absolute atomic E-state index is 0.0867. The minimum atomic E-state index is -0.181. The van der Waals surface area contributed by atoms with Gasteiger partial charge in [-0.05, 0) is 31.7 Å². The van der Waals surface area contributed by atoms with Gasteiger partial charge in [-0.3, -0.25) is 9.69 Å². The van der Waals surface area contributed by atoms with E-state index in [1.54, 1.807) is 18.5 Å². The molecule has 7 heteroatoms. The Labute approximate surface area is 148 Å². The second-order valence-corrected chi connectivity index (χ2v) is 7.28. The molecule has 7 nitrogen and oxygen atoms in total. The summed E-state index contributed by atoms with van der Waals surface area (Å²) in [6, 6.07) is 1.72. The highest BCUT2D eigenvalue weighted by Crippen LogP contribution is 2.37. The van der Waals surface area contributed by atoms with Crippen LogP contribution >= 0.6 is 0 Å². The van der Waals surface area contributed by atoms with Gasteiger partial charge in [0.2, 0.25) is 5.82 Å². The third kappa shape index (κ3) is 3.83. The summed E-state index contributed by atoms with van der Waals surface area (Å²) in [7, 11) is 0. The molecular weight excluding hydrogens is 320 g/mol. The van der Waals surface area contributed by atoms with Gasteiger partial charge in [-0.15, -0.1) is 0 Å². The van der Waals surface area contributed by atoms with Crippen molar-refractivity contribution in [2.45, 2.75) is 37.4 Å². The molecule has 0 bridgehead atoms. The lowest BCUT2D eigenvalue weighted by Gasteiger charge is -2.41. The summed E-state index contributed by atoms with van der Waals surface area (Å²) in [5, 5.41) is 0. The number of morpholine rings is 1. The third-order valence-electron chi connectivity index (χ3n) is 5.50. The number of ether oxygens (including phenoxy) is 2. The van der Waals surface area contributed by atoms with Crippen LogP contribution in [0.5, 0.6) is 0 Å². The van der Waals surface area contributed by atoms with Crippen LogP contribution in [0.25, 0.3) is 0 Å². The summed E-state index contributed by atoms with van der Waals surface area (Å²) in [4.78, 5) is 25.1. The van der Waals surface area contributed by atoms with Gasteiger partial charge < -0.3 is 14.4 Å². The maximum absolute atomic E-state index is 12.6. The van der Waals surface area contributed by atoms with Gasteiger partial charge in [0, 0.05) is 38.6 Å². The smallest absolute Gasteiger partial charge is 0.291 e. The van der Waals surface area contributed by atoms with Gasteiger partial charge in [0.1, 0.15) is 0 Å². The molecule has 3 fully saturated rings. The first-order valence-corrected chi connectivity index (χ1v) is 9.28. The second kappa shape index (κ2) is 7.35. The van der Waals surface area contributed by atoms with Crippen molar-refractivity contribution in [3.63, 3.8) is 0 Å². The molecule has 1 aromatic rings. The van der Waals surface area contributed by atoms with Crippen LogP contribution in [0.1, 0.15) is 36.3 Å². The SMILES string of the molecule is O=C(c1ncccn1)N1CC[C@]2(CCC[C@H](CN3CCOCC3)O2)C1. The maximum atomic E-state index is 12.6. The van der Waals surface area contributed by atoms with E-state index >= 15 is 0 Å². The first kappa shape index (κ1) is 16.9. The van der Waals surface area contributed by atoms with Crippen molar-refractivity contribution < 1.29 is 14.3 Å². The van der Waals surface area contributed by atoms with Crippen molar-refractivity contribution in [2.75, 3.05) is 45.9 Å². The molecule has 0 aliphatic carbocycles. The van der Waals surface area contributed by atoms with Crippen molar-refractivity contribution in [1.29, 1.82) is 0 Å². The summed E-state index contributed by atoms with van der Waals surface area (Å²) in [5.41, 5.74) is -0.181. The van der Waals surface area contributed by atoms with Crippen LogP contribution in [-0.2, 0) is 9.47 Å². The van der Waals surface area contributed by atoms with E-state index in [1.165, 1.54) is 6.42 Å². The zero-order valence-electron chi connectivity index (χ0n) is 14.6.